The normalized spacial score (nSPS) is 9.43. The van der Waals surface area contributed by atoms with Gasteiger partial charge in [0.05, 0.1) is 6.54 Å². The number of nitrogens with one attached hydrogen (secondary N) is 1. The molecule has 2 aromatic rings. The number of carbonyl (C=O) groups is 2. The summed E-state index contributed by atoms with van der Waals surface area (Å²) >= 11 is 5.86. The van der Waals surface area contributed by atoms with E-state index >= 15 is 0 Å². The number of aldehydes is 1. The van der Waals surface area contributed by atoms with Crippen LogP contribution < -0.4 is 5.32 Å². The molecule has 0 radical (unpaired) electrons. The molecule has 0 heterocycles. The molecule has 4 nitrogen and oxygen atoms in total. The third-order valence-electron chi connectivity index (χ3n) is 2.90. The first-order chi connectivity index (χ1) is 11.2. The van der Waals surface area contributed by atoms with Crippen molar-refractivity contribution in [1.29, 1.82) is 0 Å². The van der Waals surface area contributed by atoms with Crippen molar-refractivity contribution in [2.45, 2.75) is 6.61 Å². The van der Waals surface area contributed by atoms with Crippen molar-refractivity contribution < 1.29 is 14.3 Å². The monoisotopic (exact) mass is 327 g/mol. The van der Waals surface area contributed by atoms with E-state index < -0.39 is 6.09 Å². The lowest BCUT2D eigenvalue weighted by atomic mass is 10.1. The molecular formula is C18H14ClNO3. The van der Waals surface area contributed by atoms with Gasteiger partial charge in [0.1, 0.15) is 6.61 Å². The van der Waals surface area contributed by atoms with Gasteiger partial charge >= 0.3 is 6.09 Å². The molecule has 0 aliphatic rings. The SMILES string of the molecule is O=Cc1ccc(Cl)cc1C#CCNC(=O)OCc1ccccc1. The van der Waals surface area contributed by atoms with Crippen LogP contribution >= 0.6 is 11.6 Å². The fraction of sp³-hybridized carbons (Fsp3) is 0.111. The van der Waals surface area contributed by atoms with E-state index in [2.05, 4.69) is 17.2 Å². The first-order valence-electron chi connectivity index (χ1n) is 6.87. The molecule has 0 spiro atoms. The van der Waals surface area contributed by atoms with E-state index in [0.29, 0.717) is 22.4 Å². The Hall–Kier alpha value is -2.77. The van der Waals surface area contributed by atoms with Crippen molar-refractivity contribution in [3.8, 4) is 11.8 Å². The van der Waals surface area contributed by atoms with Crippen LogP contribution in [-0.4, -0.2) is 18.9 Å². The first kappa shape index (κ1) is 16.6. The van der Waals surface area contributed by atoms with Crippen molar-refractivity contribution in [3.63, 3.8) is 0 Å². The molecular weight excluding hydrogens is 314 g/mol. The number of alkyl carbamates (subject to hydrolysis) is 1. The summed E-state index contributed by atoms with van der Waals surface area (Å²) in [5, 5.41) is 3.01. The Morgan fingerprint density at radius 1 is 1.22 bits per heavy atom. The van der Waals surface area contributed by atoms with Gasteiger partial charge < -0.3 is 10.1 Å². The summed E-state index contributed by atoms with van der Waals surface area (Å²) in [5.74, 6) is 5.55. The van der Waals surface area contributed by atoms with Gasteiger partial charge in [0.25, 0.3) is 0 Å². The van der Waals surface area contributed by atoms with E-state index in [1.54, 1.807) is 18.2 Å². The van der Waals surface area contributed by atoms with Crippen molar-refractivity contribution >= 4 is 24.0 Å². The summed E-state index contributed by atoms with van der Waals surface area (Å²) in [4.78, 5) is 22.4. The van der Waals surface area contributed by atoms with Crippen molar-refractivity contribution in [2.75, 3.05) is 6.54 Å². The minimum atomic E-state index is -0.551. The average Bonchev–Trinajstić information content (AvgIpc) is 2.58. The average molecular weight is 328 g/mol. The lowest BCUT2D eigenvalue weighted by Gasteiger charge is -2.04. The molecule has 0 aliphatic carbocycles. The highest BCUT2D eigenvalue weighted by Crippen LogP contribution is 2.13. The summed E-state index contributed by atoms with van der Waals surface area (Å²) < 4.78 is 5.05. The summed E-state index contributed by atoms with van der Waals surface area (Å²) in [5.41, 5.74) is 1.88. The minimum Gasteiger partial charge on any atom is -0.445 e. The van der Waals surface area contributed by atoms with E-state index in [-0.39, 0.29) is 13.2 Å². The van der Waals surface area contributed by atoms with Crippen LogP contribution in [0.5, 0.6) is 0 Å². The van der Waals surface area contributed by atoms with Crippen LogP contribution in [0.3, 0.4) is 0 Å². The largest absolute Gasteiger partial charge is 0.445 e. The molecule has 0 saturated heterocycles. The van der Waals surface area contributed by atoms with Gasteiger partial charge in [-0.25, -0.2) is 4.79 Å². The van der Waals surface area contributed by atoms with Gasteiger partial charge in [0.2, 0.25) is 0 Å². The van der Waals surface area contributed by atoms with Crippen LogP contribution in [-0.2, 0) is 11.3 Å². The highest BCUT2D eigenvalue weighted by atomic mass is 35.5. The van der Waals surface area contributed by atoms with Gasteiger partial charge in [-0.05, 0) is 23.8 Å². The Kier molecular flexibility index (Phi) is 6.22. The standard InChI is InChI=1S/C18H14ClNO3/c19-17-9-8-16(12-21)15(11-17)7-4-10-20-18(22)23-13-14-5-2-1-3-6-14/h1-3,5-6,8-9,11-12H,10,13H2,(H,20,22). The number of rotatable bonds is 4. The second kappa shape index (κ2) is 8.62. The Balaban J connectivity index is 1.82. The van der Waals surface area contributed by atoms with E-state index in [4.69, 9.17) is 16.3 Å². The minimum absolute atomic E-state index is 0.110. The van der Waals surface area contributed by atoms with Crippen molar-refractivity contribution in [2.24, 2.45) is 0 Å². The molecule has 0 unspecified atom stereocenters. The van der Waals surface area contributed by atoms with E-state index in [1.807, 2.05) is 30.3 Å². The highest BCUT2D eigenvalue weighted by Gasteiger charge is 2.01. The molecule has 2 aromatic carbocycles. The number of ether oxygens (including phenoxy) is 1. The first-order valence-corrected chi connectivity index (χ1v) is 7.25. The molecule has 1 N–H and O–H groups in total. The molecule has 2 rings (SSSR count). The van der Waals surface area contributed by atoms with Crippen molar-refractivity contribution in [3.05, 3.63) is 70.2 Å². The van der Waals surface area contributed by atoms with Gasteiger partial charge in [0.15, 0.2) is 6.29 Å². The van der Waals surface area contributed by atoms with E-state index in [0.717, 1.165) is 5.56 Å². The molecule has 0 fully saturated rings. The molecule has 23 heavy (non-hydrogen) atoms. The zero-order valence-electron chi connectivity index (χ0n) is 12.2. The number of benzene rings is 2. The van der Waals surface area contributed by atoms with Gasteiger partial charge in [-0.2, -0.15) is 0 Å². The smallest absolute Gasteiger partial charge is 0.408 e. The number of amides is 1. The third kappa shape index (κ3) is 5.50. The zero-order chi connectivity index (χ0) is 16.5. The highest BCUT2D eigenvalue weighted by molar-refractivity contribution is 6.30. The zero-order valence-corrected chi connectivity index (χ0v) is 13.0. The molecule has 116 valence electrons. The van der Waals surface area contributed by atoms with Gasteiger partial charge in [0, 0.05) is 16.1 Å². The van der Waals surface area contributed by atoms with Crippen LogP contribution in [0.4, 0.5) is 4.79 Å². The van der Waals surface area contributed by atoms with Gasteiger partial charge in [-0.1, -0.05) is 53.8 Å². The molecule has 0 saturated carbocycles. The topological polar surface area (TPSA) is 55.4 Å². The Morgan fingerprint density at radius 3 is 2.74 bits per heavy atom. The fourth-order valence-electron chi connectivity index (χ4n) is 1.77. The summed E-state index contributed by atoms with van der Waals surface area (Å²) in [6.45, 7) is 0.308. The maximum absolute atomic E-state index is 11.5. The second-order valence-corrected chi connectivity index (χ2v) is 5.00. The molecule has 0 aliphatic heterocycles. The molecule has 1 amide bonds. The van der Waals surface area contributed by atoms with Crippen LogP contribution in [0.1, 0.15) is 21.5 Å². The Bertz CT molecular complexity index is 748. The van der Waals surface area contributed by atoms with Crippen LogP contribution in [0.15, 0.2) is 48.5 Å². The number of halogens is 1. The van der Waals surface area contributed by atoms with Gasteiger partial charge in [-0.15, -0.1) is 0 Å². The number of hydrogen-bond donors (Lipinski definition) is 1. The molecule has 0 aromatic heterocycles. The molecule has 5 heteroatoms. The summed E-state index contributed by atoms with van der Waals surface area (Å²) in [6.07, 6.45) is 0.159. The van der Waals surface area contributed by atoms with Crippen LogP contribution in [0.2, 0.25) is 5.02 Å². The third-order valence-corrected chi connectivity index (χ3v) is 3.13. The predicted octanol–water partition coefficient (Wildman–Crippen LogP) is 3.43. The van der Waals surface area contributed by atoms with Gasteiger partial charge in [-0.3, -0.25) is 4.79 Å². The summed E-state index contributed by atoms with van der Waals surface area (Å²) in [7, 11) is 0. The van der Waals surface area contributed by atoms with E-state index in [9.17, 15) is 9.59 Å². The fourth-order valence-corrected chi connectivity index (χ4v) is 1.94. The van der Waals surface area contributed by atoms with Crippen LogP contribution in [0, 0.1) is 11.8 Å². The van der Waals surface area contributed by atoms with E-state index in [1.165, 1.54) is 0 Å². The predicted molar refractivity (Wildman–Crippen MR) is 88.3 cm³/mol. The van der Waals surface area contributed by atoms with Crippen LogP contribution in [0.25, 0.3) is 0 Å². The number of hydrogen-bond acceptors (Lipinski definition) is 3. The number of carbonyl (C=O) groups excluding carboxylic acids is 2. The Labute approximate surface area is 139 Å². The lowest BCUT2D eigenvalue weighted by molar-refractivity contribution is 0.112. The molecule has 0 atom stereocenters. The molecule has 0 bridgehead atoms. The van der Waals surface area contributed by atoms with Crippen molar-refractivity contribution in [1.82, 2.24) is 5.32 Å². The quantitative estimate of drug-likeness (QED) is 0.691. The maximum Gasteiger partial charge on any atom is 0.408 e. The maximum atomic E-state index is 11.5. The second-order valence-electron chi connectivity index (χ2n) is 4.57. The summed E-state index contributed by atoms with van der Waals surface area (Å²) in [6, 6.07) is 14.2. The Morgan fingerprint density at radius 2 is 2.00 bits per heavy atom. The lowest BCUT2D eigenvalue weighted by Crippen LogP contribution is -2.24.